The van der Waals surface area contributed by atoms with E-state index in [-0.39, 0.29) is 31.5 Å². The molecular formula is C78H145N2O7P. The smallest absolute Gasteiger partial charge is 0.306 e. The molecule has 0 aromatic heterocycles. The molecule has 0 saturated carbocycles. The molecule has 0 heterocycles. The summed E-state index contributed by atoms with van der Waals surface area (Å²) in [6.07, 6.45) is 89.0. The highest BCUT2D eigenvalue weighted by atomic mass is 31.2. The molecule has 0 bridgehead atoms. The van der Waals surface area contributed by atoms with Gasteiger partial charge in [-0.15, -0.1) is 0 Å². The second-order valence-corrected chi connectivity index (χ2v) is 28.2. The summed E-state index contributed by atoms with van der Waals surface area (Å²) < 4.78 is 30.5. The van der Waals surface area contributed by atoms with Crippen LogP contribution in [0.4, 0.5) is 0 Å². The molecule has 0 fully saturated rings. The van der Waals surface area contributed by atoms with Crippen LogP contribution in [0.3, 0.4) is 0 Å². The van der Waals surface area contributed by atoms with Crippen LogP contribution >= 0.6 is 7.82 Å². The van der Waals surface area contributed by atoms with Gasteiger partial charge in [-0.05, 0) is 76.7 Å². The zero-order valence-corrected chi connectivity index (χ0v) is 59.8. The molecule has 0 aliphatic carbocycles. The Morgan fingerprint density at radius 2 is 0.727 bits per heavy atom. The molecule has 0 radical (unpaired) electrons. The van der Waals surface area contributed by atoms with Crippen molar-refractivity contribution < 1.29 is 37.3 Å². The third kappa shape index (κ3) is 67.8. The third-order valence-electron chi connectivity index (χ3n) is 16.9. The third-order valence-corrected chi connectivity index (χ3v) is 17.9. The van der Waals surface area contributed by atoms with Gasteiger partial charge in [-0.1, -0.05) is 344 Å². The van der Waals surface area contributed by atoms with Crippen molar-refractivity contribution in [3.63, 3.8) is 0 Å². The first kappa shape index (κ1) is 85.5. The highest BCUT2D eigenvalue weighted by molar-refractivity contribution is 7.45. The summed E-state index contributed by atoms with van der Waals surface area (Å²) in [5, 5.41) is 3.05. The maximum atomic E-state index is 13.6. The van der Waals surface area contributed by atoms with E-state index in [1.165, 1.54) is 225 Å². The van der Waals surface area contributed by atoms with Gasteiger partial charge in [0.05, 0.1) is 33.8 Å². The lowest BCUT2D eigenvalue weighted by molar-refractivity contribution is -0.870. The standard InChI is InChI=1S/C78H145N2O7P/c1-7-10-13-16-19-22-25-28-30-32-34-36-38-40-42-44-46-48-50-52-55-58-61-64-67-70-77(81)79-75(74-86-88(83,84)85-73-72-80(4,5)6)76(69-66-63-60-57-54-27-24-21-18-15-12-9-3)87-78(82)71-68-65-62-59-56-53-51-49-47-45-43-41-39-37-35-33-31-29-26-23-20-17-14-11-8-2/h10,13,19,22,28,30,34,36,40,42,66,69,75-76H,7-9,11-12,14-18,20-21,23-27,29,31-33,35,37-39,41,43-65,67-68,70-74H2,1-6H3,(H-,79,81,83,84)/b13-10-,22-19-,30-28-,36-34-,42-40-,69-66+. The van der Waals surface area contributed by atoms with Crippen molar-refractivity contribution in [3.8, 4) is 0 Å². The number of carbonyl (C=O) groups is 2. The summed E-state index contributed by atoms with van der Waals surface area (Å²) in [5.41, 5.74) is 0. The average molecular weight is 1250 g/mol. The van der Waals surface area contributed by atoms with E-state index in [1.807, 2.05) is 33.3 Å². The number of allylic oxidation sites excluding steroid dienone is 11. The van der Waals surface area contributed by atoms with E-state index in [4.69, 9.17) is 13.8 Å². The number of amides is 1. The molecule has 3 atom stereocenters. The van der Waals surface area contributed by atoms with Gasteiger partial charge < -0.3 is 28.5 Å². The number of ether oxygens (including phenoxy) is 1. The van der Waals surface area contributed by atoms with E-state index >= 15 is 0 Å². The Labute approximate surface area is 546 Å². The number of quaternary nitrogens is 1. The molecule has 0 aromatic rings. The number of nitrogens with one attached hydrogen (secondary N) is 1. The summed E-state index contributed by atoms with van der Waals surface area (Å²) >= 11 is 0. The van der Waals surface area contributed by atoms with Crippen molar-refractivity contribution >= 4 is 19.7 Å². The fourth-order valence-corrected chi connectivity index (χ4v) is 11.9. The predicted octanol–water partition coefficient (Wildman–Crippen LogP) is 23.7. The Balaban J connectivity index is 4.99. The van der Waals surface area contributed by atoms with Gasteiger partial charge in [0.2, 0.25) is 5.91 Å². The number of unbranched alkanes of at least 4 members (excludes halogenated alkanes) is 43. The van der Waals surface area contributed by atoms with Gasteiger partial charge in [0, 0.05) is 12.8 Å². The van der Waals surface area contributed by atoms with E-state index in [2.05, 4.69) is 86.8 Å². The topological polar surface area (TPSA) is 114 Å². The SMILES string of the molecule is CC/C=C\C/C=C\C/C=C\C/C=C\C/C=C\CCCCCCCCCCCC(=O)NC(COP(=O)([O-])OCC[N+](C)(C)C)C(/C=C/CCCCCCCCCCCC)OC(=O)CCCCCCCCCCCCCCCCCCCCCCCCCCC. The Morgan fingerprint density at radius 1 is 0.409 bits per heavy atom. The minimum absolute atomic E-state index is 0.0239. The first-order valence-electron chi connectivity index (χ1n) is 37.7. The van der Waals surface area contributed by atoms with Crippen LogP contribution in [-0.4, -0.2) is 69.4 Å². The highest BCUT2D eigenvalue weighted by Crippen LogP contribution is 2.38. The number of esters is 1. The maximum Gasteiger partial charge on any atom is 0.306 e. The fourth-order valence-electron chi connectivity index (χ4n) is 11.1. The van der Waals surface area contributed by atoms with Crippen LogP contribution in [0.15, 0.2) is 72.9 Å². The van der Waals surface area contributed by atoms with Gasteiger partial charge in [-0.25, -0.2) is 0 Å². The summed E-state index contributed by atoms with van der Waals surface area (Å²) in [4.78, 5) is 40.3. The molecule has 1 N–H and O–H groups in total. The normalized spacial score (nSPS) is 13.9. The van der Waals surface area contributed by atoms with E-state index in [0.717, 1.165) is 103 Å². The van der Waals surface area contributed by atoms with Gasteiger partial charge in [0.1, 0.15) is 19.3 Å². The summed E-state index contributed by atoms with van der Waals surface area (Å²) in [6, 6.07) is -0.894. The molecule has 10 heteroatoms. The predicted molar refractivity (Wildman–Crippen MR) is 381 cm³/mol. The van der Waals surface area contributed by atoms with Gasteiger partial charge in [0.15, 0.2) is 0 Å². The highest BCUT2D eigenvalue weighted by Gasteiger charge is 2.27. The lowest BCUT2D eigenvalue weighted by Gasteiger charge is -2.30. The van der Waals surface area contributed by atoms with Crippen molar-refractivity contribution in [2.75, 3.05) is 40.9 Å². The molecule has 0 rings (SSSR count). The quantitative estimate of drug-likeness (QED) is 0.0212. The van der Waals surface area contributed by atoms with Crippen molar-refractivity contribution in [2.24, 2.45) is 0 Å². The second-order valence-electron chi connectivity index (χ2n) is 26.8. The van der Waals surface area contributed by atoms with Crippen LogP contribution < -0.4 is 10.2 Å². The number of carbonyl (C=O) groups excluding carboxylic acids is 2. The number of likely N-dealkylation sites (N-methyl/N-ethyl adjacent to an activating group) is 1. The first-order valence-corrected chi connectivity index (χ1v) is 39.2. The number of hydrogen-bond donors (Lipinski definition) is 1. The number of phosphoric ester groups is 1. The molecule has 0 saturated heterocycles. The summed E-state index contributed by atoms with van der Waals surface area (Å²) in [7, 11) is 1.19. The molecule has 0 spiro atoms. The number of hydrogen-bond acceptors (Lipinski definition) is 7. The van der Waals surface area contributed by atoms with Crippen LogP contribution in [0.5, 0.6) is 0 Å². The first-order chi connectivity index (χ1) is 42.9. The fraction of sp³-hybridized carbons (Fsp3) is 0.821. The Bertz CT molecular complexity index is 1730. The average Bonchev–Trinajstić information content (AvgIpc) is 3.71. The Hall–Kier alpha value is -2.55. The lowest BCUT2D eigenvalue weighted by atomic mass is 10.0. The van der Waals surface area contributed by atoms with Crippen molar-refractivity contribution in [2.45, 2.75) is 373 Å². The van der Waals surface area contributed by atoms with Crippen LogP contribution in [0.1, 0.15) is 361 Å². The van der Waals surface area contributed by atoms with Gasteiger partial charge in [-0.3, -0.25) is 14.2 Å². The zero-order chi connectivity index (χ0) is 64.2. The molecule has 514 valence electrons. The molecule has 1 amide bonds. The monoisotopic (exact) mass is 1250 g/mol. The number of phosphoric acid groups is 1. The lowest BCUT2D eigenvalue weighted by Crippen LogP contribution is -2.47. The van der Waals surface area contributed by atoms with Crippen LogP contribution in [0.2, 0.25) is 0 Å². The number of rotatable bonds is 69. The van der Waals surface area contributed by atoms with E-state index in [0.29, 0.717) is 17.4 Å². The molecular weight excluding hydrogens is 1110 g/mol. The molecule has 0 aliphatic heterocycles. The zero-order valence-electron chi connectivity index (χ0n) is 58.9. The van der Waals surface area contributed by atoms with Gasteiger partial charge in [0.25, 0.3) is 7.82 Å². The van der Waals surface area contributed by atoms with E-state index in [9.17, 15) is 19.0 Å². The number of nitrogens with zero attached hydrogens (tertiary/aromatic N) is 1. The molecule has 88 heavy (non-hydrogen) atoms. The molecule has 0 aliphatic rings. The molecule has 0 aromatic carbocycles. The van der Waals surface area contributed by atoms with Crippen LogP contribution in [0, 0.1) is 0 Å². The molecule has 9 nitrogen and oxygen atoms in total. The van der Waals surface area contributed by atoms with Gasteiger partial charge in [-0.2, -0.15) is 0 Å². The minimum atomic E-state index is -4.71. The summed E-state index contributed by atoms with van der Waals surface area (Å²) in [6.45, 7) is 6.78. The minimum Gasteiger partial charge on any atom is -0.756 e. The van der Waals surface area contributed by atoms with Crippen molar-refractivity contribution in [1.82, 2.24) is 5.32 Å². The second kappa shape index (κ2) is 67.3. The Kier molecular flexibility index (Phi) is 65.4. The largest absolute Gasteiger partial charge is 0.756 e. The van der Waals surface area contributed by atoms with Crippen LogP contribution in [-0.2, 0) is 27.9 Å². The van der Waals surface area contributed by atoms with Crippen molar-refractivity contribution in [1.29, 1.82) is 0 Å². The van der Waals surface area contributed by atoms with E-state index < -0.39 is 20.0 Å². The van der Waals surface area contributed by atoms with Crippen molar-refractivity contribution in [3.05, 3.63) is 72.9 Å². The van der Waals surface area contributed by atoms with Gasteiger partial charge >= 0.3 is 5.97 Å². The summed E-state index contributed by atoms with van der Waals surface area (Å²) in [5.74, 6) is -0.533. The maximum absolute atomic E-state index is 13.6. The molecule has 3 unspecified atom stereocenters. The van der Waals surface area contributed by atoms with Crippen LogP contribution in [0.25, 0.3) is 0 Å². The Morgan fingerprint density at radius 3 is 1.09 bits per heavy atom. The van der Waals surface area contributed by atoms with E-state index in [1.54, 1.807) is 0 Å².